The summed E-state index contributed by atoms with van der Waals surface area (Å²) in [4.78, 5) is 23.9. The number of hydrogen-bond acceptors (Lipinski definition) is 3. The largest absolute Gasteiger partial charge is 0.462 e. The lowest BCUT2D eigenvalue weighted by Crippen LogP contribution is -2.30. The first kappa shape index (κ1) is 20.0. The molecule has 0 bridgehead atoms. The van der Waals surface area contributed by atoms with E-state index in [1.807, 2.05) is 24.3 Å². The first-order valence-corrected chi connectivity index (χ1v) is 9.78. The molecule has 0 unspecified atom stereocenters. The lowest BCUT2D eigenvalue weighted by Gasteiger charge is -2.36. The highest BCUT2D eigenvalue weighted by Gasteiger charge is 2.31. The van der Waals surface area contributed by atoms with Crippen LogP contribution in [0.2, 0.25) is 0 Å². The third-order valence-corrected chi connectivity index (χ3v) is 5.41. The topological polar surface area (TPSA) is 55.4 Å². The van der Waals surface area contributed by atoms with Crippen LogP contribution in [0, 0.1) is 11.3 Å². The van der Waals surface area contributed by atoms with Crippen molar-refractivity contribution in [3.63, 3.8) is 0 Å². The monoisotopic (exact) mass is 409 g/mol. The molecule has 0 saturated heterocycles. The van der Waals surface area contributed by atoms with E-state index in [1.54, 1.807) is 0 Å². The van der Waals surface area contributed by atoms with E-state index in [0.717, 1.165) is 35.8 Å². The van der Waals surface area contributed by atoms with Crippen LogP contribution in [-0.4, -0.2) is 18.0 Å². The zero-order valence-corrected chi connectivity index (χ0v) is 16.9. The van der Waals surface area contributed by atoms with Crippen molar-refractivity contribution in [3.05, 3.63) is 28.7 Å². The van der Waals surface area contributed by atoms with Crippen LogP contribution in [0.15, 0.2) is 28.7 Å². The van der Waals surface area contributed by atoms with Gasteiger partial charge in [-0.25, -0.2) is 0 Å². The van der Waals surface area contributed by atoms with Crippen molar-refractivity contribution in [2.24, 2.45) is 11.3 Å². The van der Waals surface area contributed by atoms with E-state index < -0.39 is 0 Å². The van der Waals surface area contributed by atoms with E-state index in [2.05, 4.69) is 42.0 Å². The van der Waals surface area contributed by atoms with E-state index in [1.165, 1.54) is 0 Å². The summed E-state index contributed by atoms with van der Waals surface area (Å²) in [6, 6.07) is 7.34. The summed E-state index contributed by atoms with van der Waals surface area (Å²) in [5, 5.41) is 2.78. The van der Waals surface area contributed by atoms with Gasteiger partial charge in [0.1, 0.15) is 6.10 Å². The maximum Gasteiger partial charge on any atom is 0.306 e. The Bertz CT molecular complexity index is 584. The number of ether oxygens (including phenoxy) is 1. The summed E-state index contributed by atoms with van der Waals surface area (Å²) in [7, 11) is 0. The molecule has 2 rings (SSSR count). The van der Waals surface area contributed by atoms with E-state index in [-0.39, 0.29) is 30.8 Å². The van der Waals surface area contributed by atoms with Gasteiger partial charge < -0.3 is 10.1 Å². The van der Waals surface area contributed by atoms with E-state index in [0.29, 0.717) is 11.3 Å². The Morgan fingerprint density at radius 2 is 1.68 bits per heavy atom. The number of carbonyl (C=O) groups excluding carboxylic acids is 2. The van der Waals surface area contributed by atoms with Gasteiger partial charge in [0.25, 0.3) is 0 Å². The molecule has 1 amide bonds. The standard InChI is InChI=1S/C20H28BrNO3/c1-20(2,3)14-4-10-17(11-5-14)25-19(24)13-12-18(23)22-16-8-6-15(21)7-9-16/h6-9,14,17H,4-5,10-13H2,1-3H3,(H,22,23). The van der Waals surface area contributed by atoms with Crippen molar-refractivity contribution in [1.29, 1.82) is 0 Å². The fourth-order valence-corrected chi connectivity index (χ4v) is 3.53. The zero-order valence-electron chi connectivity index (χ0n) is 15.3. The first-order valence-electron chi connectivity index (χ1n) is 8.99. The van der Waals surface area contributed by atoms with Crippen LogP contribution >= 0.6 is 15.9 Å². The van der Waals surface area contributed by atoms with Crippen LogP contribution in [-0.2, 0) is 14.3 Å². The number of hydrogen-bond donors (Lipinski definition) is 1. The maximum atomic E-state index is 12.0. The Morgan fingerprint density at radius 3 is 2.24 bits per heavy atom. The molecule has 25 heavy (non-hydrogen) atoms. The summed E-state index contributed by atoms with van der Waals surface area (Å²) in [6.45, 7) is 6.82. The number of halogens is 1. The number of benzene rings is 1. The molecule has 1 saturated carbocycles. The molecule has 4 nitrogen and oxygen atoms in total. The lowest BCUT2D eigenvalue weighted by molar-refractivity contribution is -0.152. The van der Waals surface area contributed by atoms with E-state index in [4.69, 9.17) is 4.74 Å². The fraction of sp³-hybridized carbons (Fsp3) is 0.600. The molecule has 0 aliphatic heterocycles. The van der Waals surface area contributed by atoms with E-state index in [9.17, 15) is 9.59 Å². The molecule has 0 atom stereocenters. The Hall–Kier alpha value is -1.36. The minimum absolute atomic E-state index is 0.0145. The smallest absolute Gasteiger partial charge is 0.306 e. The van der Waals surface area contributed by atoms with Crippen LogP contribution < -0.4 is 5.32 Å². The quantitative estimate of drug-likeness (QED) is 0.669. The van der Waals surface area contributed by atoms with Gasteiger partial charge in [0.15, 0.2) is 0 Å². The SMILES string of the molecule is CC(C)(C)C1CCC(OC(=O)CCC(=O)Nc2ccc(Br)cc2)CC1. The maximum absolute atomic E-state index is 12.0. The van der Waals surface area contributed by atoms with Gasteiger partial charge in [-0.1, -0.05) is 36.7 Å². The molecule has 0 radical (unpaired) electrons. The Morgan fingerprint density at radius 1 is 1.08 bits per heavy atom. The number of esters is 1. The van der Waals surface area contributed by atoms with Gasteiger partial charge in [-0.2, -0.15) is 0 Å². The van der Waals surface area contributed by atoms with Gasteiger partial charge in [-0.3, -0.25) is 9.59 Å². The second-order valence-electron chi connectivity index (χ2n) is 7.88. The van der Waals surface area contributed by atoms with Crippen molar-refractivity contribution in [2.45, 2.75) is 65.4 Å². The summed E-state index contributed by atoms with van der Waals surface area (Å²) < 4.78 is 6.50. The number of amides is 1. The van der Waals surface area contributed by atoms with E-state index >= 15 is 0 Å². The Kier molecular flexibility index (Phi) is 7.05. The average molecular weight is 410 g/mol. The molecule has 1 aromatic carbocycles. The number of anilines is 1. The molecule has 0 heterocycles. The average Bonchev–Trinajstić information content (AvgIpc) is 2.55. The van der Waals surface area contributed by atoms with Crippen molar-refractivity contribution in [1.82, 2.24) is 0 Å². The molecule has 1 fully saturated rings. The summed E-state index contributed by atoms with van der Waals surface area (Å²) in [5.41, 5.74) is 1.04. The summed E-state index contributed by atoms with van der Waals surface area (Å²) >= 11 is 3.35. The van der Waals surface area contributed by atoms with Crippen LogP contribution in [0.25, 0.3) is 0 Å². The molecule has 1 aromatic rings. The highest BCUT2D eigenvalue weighted by molar-refractivity contribution is 9.10. The van der Waals surface area contributed by atoms with Crippen molar-refractivity contribution < 1.29 is 14.3 Å². The molecular formula is C20H28BrNO3. The minimum atomic E-state index is -0.273. The number of nitrogens with one attached hydrogen (secondary N) is 1. The molecule has 1 aliphatic rings. The lowest BCUT2D eigenvalue weighted by atomic mass is 9.72. The molecule has 138 valence electrons. The third kappa shape index (κ3) is 6.81. The Labute approximate surface area is 158 Å². The normalized spacial score (nSPS) is 20.8. The highest BCUT2D eigenvalue weighted by atomic mass is 79.9. The molecule has 5 heteroatoms. The molecule has 1 N–H and O–H groups in total. The zero-order chi connectivity index (χ0) is 18.4. The second kappa shape index (κ2) is 8.84. The number of carbonyl (C=O) groups is 2. The van der Waals surface area contributed by atoms with Crippen molar-refractivity contribution in [3.8, 4) is 0 Å². The fourth-order valence-electron chi connectivity index (χ4n) is 3.26. The van der Waals surface area contributed by atoms with Crippen molar-refractivity contribution in [2.75, 3.05) is 5.32 Å². The van der Waals surface area contributed by atoms with Gasteiger partial charge >= 0.3 is 5.97 Å². The van der Waals surface area contributed by atoms with Crippen molar-refractivity contribution >= 4 is 33.5 Å². The summed E-state index contributed by atoms with van der Waals surface area (Å²) in [6.07, 6.45) is 4.35. The van der Waals surface area contributed by atoms with Gasteiger partial charge in [0.2, 0.25) is 5.91 Å². The van der Waals surface area contributed by atoms with Crippen LogP contribution in [0.3, 0.4) is 0 Å². The molecule has 1 aliphatic carbocycles. The molecule has 0 spiro atoms. The number of rotatable bonds is 5. The Balaban J connectivity index is 1.67. The minimum Gasteiger partial charge on any atom is -0.462 e. The van der Waals surface area contributed by atoms with Crippen LogP contribution in [0.5, 0.6) is 0 Å². The highest BCUT2D eigenvalue weighted by Crippen LogP contribution is 2.38. The van der Waals surface area contributed by atoms with Crippen LogP contribution in [0.4, 0.5) is 5.69 Å². The first-order chi connectivity index (χ1) is 11.7. The van der Waals surface area contributed by atoms with Gasteiger partial charge in [0.05, 0.1) is 6.42 Å². The van der Waals surface area contributed by atoms with Gasteiger partial charge in [0, 0.05) is 16.6 Å². The predicted molar refractivity (Wildman–Crippen MR) is 103 cm³/mol. The van der Waals surface area contributed by atoms with Crippen LogP contribution in [0.1, 0.15) is 59.3 Å². The molecular weight excluding hydrogens is 382 g/mol. The van der Waals surface area contributed by atoms with Gasteiger partial charge in [-0.15, -0.1) is 0 Å². The second-order valence-corrected chi connectivity index (χ2v) is 8.80. The van der Waals surface area contributed by atoms with Gasteiger partial charge in [-0.05, 0) is 61.3 Å². The molecule has 0 aromatic heterocycles. The summed E-state index contributed by atoms with van der Waals surface area (Å²) in [5.74, 6) is 0.250. The third-order valence-electron chi connectivity index (χ3n) is 4.88. The predicted octanol–water partition coefficient (Wildman–Crippen LogP) is 5.32.